The van der Waals surface area contributed by atoms with Gasteiger partial charge >= 0.3 is 5.92 Å². The first kappa shape index (κ1) is 22.0. The predicted molar refractivity (Wildman–Crippen MR) is 94.6 cm³/mol. The highest BCUT2D eigenvalue weighted by atomic mass is 19.3. The van der Waals surface area contributed by atoms with Crippen LogP contribution in [0.3, 0.4) is 0 Å². The van der Waals surface area contributed by atoms with Crippen LogP contribution in [0.2, 0.25) is 0 Å². The van der Waals surface area contributed by atoms with Crippen LogP contribution in [0.5, 0.6) is 0 Å². The number of hydrogen-bond acceptors (Lipinski definition) is 4. The van der Waals surface area contributed by atoms with E-state index in [-0.39, 0.29) is 25.3 Å². The van der Waals surface area contributed by atoms with Gasteiger partial charge in [-0.2, -0.15) is 8.78 Å². The lowest BCUT2D eigenvalue weighted by Gasteiger charge is -2.26. The number of carbonyl (C=O) groups excluding carboxylic acids is 2. The Balaban J connectivity index is 2.56. The van der Waals surface area contributed by atoms with Crippen LogP contribution >= 0.6 is 0 Å². The largest absolute Gasteiger partial charge is 0.385 e. The van der Waals surface area contributed by atoms with Crippen LogP contribution in [0, 0.1) is 0 Å². The molecule has 1 rings (SSSR count). The molecule has 0 saturated heterocycles. The van der Waals surface area contributed by atoms with Gasteiger partial charge in [-0.3, -0.25) is 9.59 Å². The van der Waals surface area contributed by atoms with Crippen molar-refractivity contribution in [3.05, 3.63) is 35.9 Å². The van der Waals surface area contributed by atoms with Crippen molar-refractivity contribution in [3.8, 4) is 0 Å². The number of amides is 2. The summed E-state index contributed by atoms with van der Waals surface area (Å²) in [5, 5.41) is 11.8. The van der Waals surface area contributed by atoms with Gasteiger partial charge in [-0.15, -0.1) is 0 Å². The quantitative estimate of drug-likeness (QED) is 0.570. The maximum atomic E-state index is 14.1. The average molecular weight is 371 g/mol. The fourth-order valence-corrected chi connectivity index (χ4v) is 2.54. The van der Waals surface area contributed by atoms with Gasteiger partial charge < -0.3 is 21.1 Å². The number of nitrogens with zero attached hydrogens (tertiary/aromatic N) is 1. The summed E-state index contributed by atoms with van der Waals surface area (Å²) in [4.78, 5) is 25.1. The van der Waals surface area contributed by atoms with E-state index in [0.717, 1.165) is 0 Å². The Kier molecular flexibility index (Phi) is 8.60. The lowest BCUT2D eigenvalue weighted by atomic mass is 9.97. The maximum absolute atomic E-state index is 14.1. The molecule has 0 aliphatic carbocycles. The van der Waals surface area contributed by atoms with Crippen molar-refractivity contribution in [1.29, 1.82) is 0 Å². The van der Waals surface area contributed by atoms with E-state index in [1.165, 1.54) is 4.90 Å². The third-order valence-corrected chi connectivity index (χ3v) is 4.13. The third-order valence-electron chi connectivity index (χ3n) is 4.13. The molecule has 8 heteroatoms. The first-order chi connectivity index (χ1) is 12.2. The molecule has 0 saturated carbocycles. The molecule has 0 spiro atoms. The van der Waals surface area contributed by atoms with Crippen molar-refractivity contribution in [3.63, 3.8) is 0 Å². The Morgan fingerprint density at radius 2 is 1.81 bits per heavy atom. The van der Waals surface area contributed by atoms with E-state index in [1.807, 2.05) is 5.32 Å². The van der Waals surface area contributed by atoms with Crippen molar-refractivity contribution < 1.29 is 23.5 Å². The Hall–Kier alpha value is -2.06. The highest BCUT2D eigenvalue weighted by molar-refractivity contribution is 5.85. The number of benzene rings is 1. The molecule has 4 N–H and O–H groups in total. The number of carbonyl (C=O) groups is 2. The van der Waals surface area contributed by atoms with Crippen molar-refractivity contribution >= 4 is 11.8 Å². The van der Waals surface area contributed by atoms with Crippen molar-refractivity contribution in [1.82, 2.24) is 10.2 Å². The van der Waals surface area contributed by atoms with E-state index < -0.39 is 24.0 Å². The van der Waals surface area contributed by atoms with Crippen LogP contribution in [0.15, 0.2) is 30.3 Å². The first-order valence-electron chi connectivity index (χ1n) is 8.65. The minimum absolute atomic E-state index is 0.00528. The van der Waals surface area contributed by atoms with Crippen LogP contribution in [0.1, 0.15) is 25.8 Å². The third kappa shape index (κ3) is 6.03. The summed E-state index contributed by atoms with van der Waals surface area (Å²) in [5.41, 5.74) is 6.34. The smallest absolute Gasteiger partial charge is 0.351 e. The summed E-state index contributed by atoms with van der Waals surface area (Å²) in [6, 6.07) is 7.31. The SMILES string of the molecule is CCN(CC)C(=O)CCNC(=O)C(F)(F)C(O)C(N)Cc1ccccc1. The van der Waals surface area contributed by atoms with E-state index in [0.29, 0.717) is 18.7 Å². The molecule has 2 atom stereocenters. The van der Waals surface area contributed by atoms with Gasteiger partial charge in [0.05, 0.1) is 0 Å². The minimum Gasteiger partial charge on any atom is -0.385 e. The number of alkyl halides is 2. The molecule has 0 aromatic heterocycles. The van der Waals surface area contributed by atoms with Gasteiger partial charge in [0.2, 0.25) is 5.91 Å². The zero-order valence-corrected chi connectivity index (χ0v) is 15.1. The number of nitrogens with two attached hydrogens (primary N) is 1. The van der Waals surface area contributed by atoms with Gasteiger partial charge in [0.25, 0.3) is 5.91 Å². The zero-order valence-electron chi connectivity index (χ0n) is 15.1. The number of hydrogen-bond donors (Lipinski definition) is 3. The van der Waals surface area contributed by atoms with Crippen LogP contribution in [-0.4, -0.2) is 59.5 Å². The number of aliphatic hydroxyl groups excluding tert-OH is 1. The molecule has 146 valence electrons. The highest BCUT2D eigenvalue weighted by Crippen LogP contribution is 2.22. The summed E-state index contributed by atoms with van der Waals surface area (Å²) in [7, 11) is 0. The molecule has 0 aliphatic heterocycles. The van der Waals surface area contributed by atoms with E-state index in [9.17, 15) is 23.5 Å². The normalized spacial score (nSPS) is 13.8. The van der Waals surface area contributed by atoms with E-state index in [4.69, 9.17) is 5.73 Å². The van der Waals surface area contributed by atoms with Gasteiger partial charge in [0.1, 0.15) is 6.10 Å². The Morgan fingerprint density at radius 1 is 1.23 bits per heavy atom. The molecule has 0 radical (unpaired) electrons. The van der Waals surface area contributed by atoms with E-state index in [2.05, 4.69) is 0 Å². The summed E-state index contributed by atoms with van der Waals surface area (Å²) in [5.74, 6) is -5.92. The van der Waals surface area contributed by atoms with Crippen molar-refractivity contribution in [2.45, 2.75) is 44.8 Å². The molecule has 0 aliphatic rings. The van der Waals surface area contributed by atoms with Crippen LogP contribution in [0.4, 0.5) is 8.78 Å². The molecule has 26 heavy (non-hydrogen) atoms. The molecule has 1 aromatic carbocycles. The Bertz CT molecular complexity index is 580. The number of nitrogens with one attached hydrogen (secondary N) is 1. The second-order valence-electron chi connectivity index (χ2n) is 5.99. The Labute approximate surface area is 152 Å². The van der Waals surface area contributed by atoms with E-state index >= 15 is 0 Å². The lowest BCUT2D eigenvalue weighted by molar-refractivity contribution is -0.165. The maximum Gasteiger partial charge on any atom is 0.351 e. The fourth-order valence-electron chi connectivity index (χ4n) is 2.54. The van der Waals surface area contributed by atoms with E-state index in [1.54, 1.807) is 44.2 Å². The first-order valence-corrected chi connectivity index (χ1v) is 8.65. The summed E-state index contributed by atoms with van der Waals surface area (Å²) >= 11 is 0. The number of aliphatic hydroxyl groups is 1. The van der Waals surface area contributed by atoms with Gasteiger partial charge in [-0.05, 0) is 25.8 Å². The lowest BCUT2D eigenvalue weighted by Crippen LogP contribution is -2.56. The second kappa shape index (κ2) is 10.2. The Morgan fingerprint density at radius 3 is 2.35 bits per heavy atom. The molecule has 1 aromatic rings. The summed E-state index contributed by atoms with van der Waals surface area (Å²) in [6.45, 7) is 4.39. The number of rotatable bonds is 10. The van der Waals surface area contributed by atoms with Gasteiger partial charge in [0.15, 0.2) is 0 Å². The topological polar surface area (TPSA) is 95.7 Å². The van der Waals surface area contributed by atoms with Gasteiger partial charge in [-0.25, -0.2) is 0 Å². The predicted octanol–water partition coefficient (Wildman–Crippen LogP) is 0.927. The highest BCUT2D eigenvalue weighted by Gasteiger charge is 2.49. The molecule has 0 bridgehead atoms. The molecule has 6 nitrogen and oxygen atoms in total. The molecule has 2 amide bonds. The van der Waals surface area contributed by atoms with Gasteiger partial charge in [-0.1, -0.05) is 30.3 Å². The molecule has 2 unspecified atom stereocenters. The standard InChI is InChI=1S/C18H27F2N3O3/c1-3-23(4-2)15(24)10-11-22-17(26)18(19,20)16(25)14(21)12-13-8-6-5-7-9-13/h5-9,14,16,25H,3-4,10-12,21H2,1-2H3,(H,22,26). The van der Waals surface area contributed by atoms with Crippen LogP contribution in [-0.2, 0) is 16.0 Å². The zero-order chi connectivity index (χ0) is 19.7. The molecular formula is C18H27F2N3O3. The summed E-state index contributed by atoms with van der Waals surface area (Å²) < 4.78 is 28.3. The molecular weight excluding hydrogens is 344 g/mol. The van der Waals surface area contributed by atoms with Gasteiger partial charge in [0, 0.05) is 32.1 Å². The van der Waals surface area contributed by atoms with Crippen LogP contribution in [0.25, 0.3) is 0 Å². The van der Waals surface area contributed by atoms with Crippen molar-refractivity contribution in [2.75, 3.05) is 19.6 Å². The number of halogens is 2. The molecule has 0 heterocycles. The summed E-state index contributed by atoms with van der Waals surface area (Å²) in [6.07, 6.45) is -2.41. The molecule has 0 fully saturated rings. The minimum atomic E-state index is -4.05. The second-order valence-corrected chi connectivity index (χ2v) is 5.99. The average Bonchev–Trinajstić information content (AvgIpc) is 2.62. The van der Waals surface area contributed by atoms with Crippen LogP contribution < -0.4 is 11.1 Å². The monoisotopic (exact) mass is 371 g/mol. The fraction of sp³-hybridized carbons (Fsp3) is 0.556. The van der Waals surface area contributed by atoms with Crippen molar-refractivity contribution in [2.24, 2.45) is 5.73 Å².